The molecule has 0 N–H and O–H groups in total. The molecule has 1 heterocycles. The van der Waals surface area contributed by atoms with Crippen LogP contribution in [0.25, 0.3) is 6.08 Å². The number of amides is 1. The second kappa shape index (κ2) is 6.27. The van der Waals surface area contributed by atoms with E-state index in [0.717, 1.165) is 17.7 Å². The van der Waals surface area contributed by atoms with Gasteiger partial charge < -0.3 is 4.90 Å². The highest BCUT2D eigenvalue weighted by atomic mass is 16.2. The first kappa shape index (κ1) is 16.5. The van der Waals surface area contributed by atoms with Crippen molar-refractivity contribution in [3.63, 3.8) is 0 Å². The third-order valence-corrected chi connectivity index (χ3v) is 4.80. The second-order valence-corrected chi connectivity index (χ2v) is 7.40. The summed E-state index contributed by atoms with van der Waals surface area (Å²) in [6.07, 6.45) is 4.55. The van der Waals surface area contributed by atoms with Crippen molar-refractivity contribution in [3.8, 4) is 0 Å². The lowest BCUT2D eigenvalue weighted by Crippen LogP contribution is -2.51. The Balaban J connectivity index is 1.97. The van der Waals surface area contributed by atoms with Crippen LogP contribution in [0, 0.1) is 6.92 Å². The third kappa shape index (κ3) is 3.14. The van der Waals surface area contributed by atoms with Gasteiger partial charge in [0.05, 0.1) is 0 Å². The molecule has 0 fully saturated rings. The molecule has 0 bridgehead atoms. The molecular formula is C22H25NO. The van der Waals surface area contributed by atoms with Gasteiger partial charge in [-0.15, -0.1) is 0 Å². The summed E-state index contributed by atoms with van der Waals surface area (Å²) in [4.78, 5) is 14.9. The van der Waals surface area contributed by atoms with Gasteiger partial charge >= 0.3 is 0 Å². The zero-order chi connectivity index (χ0) is 17.3. The van der Waals surface area contributed by atoms with E-state index in [4.69, 9.17) is 0 Å². The number of carbonyl (C=O) groups is 1. The predicted molar refractivity (Wildman–Crippen MR) is 101 cm³/mol. The number of hydrogen-bond donors (Lipinski definition) is 0. The van der Waals surface area contributed by atoms with E-state index < -0.39 is 0 Å². The summed E-state index contributed by atoms with van der Waals surface area (Å²) in [7, 11) is 0. The largest absolute Gasteiger partial charge is 0.303 e. The van der Waals surface area contributed by atoms with Gasteiger partial charge in [0.1, 0.15) is 0 Å². The number of fused-ring (bicyclic) bond motifs is 1. The zero-order valence-corrected chi connectivity index (χ0v) is 14.9. The Hall–Kier alpha value is -2.35. The average Bonchev–Trinajstić information content (AvgIpc) is 2.54. The quantitative estimate of drug-likeness (QED) is 0.685. The van der Waals surface area contributed by atoms with Gasteiger partial charge in [0.15, 0.2) is 0 Å². The molecule has 0 aliphatic carbocycles. The zero-order valence-electron chi connectivity index (χ0n) is 14.9. The topological polar surface area (TPSA) is 20.3 Å². The van der Waals surface area contributed by atoms with Gasteiger partial charge in [-0.25, -0.2) is 0 Å². The number of benzene rings is 2. The lowest BCUT2D eigenvalue weighted by Gasteiger charge is -2.45. The molecule has 0 aromatic heterocycles. The minimum atomic E-state index is -0.195. The highest BCUT2D eigenvalue weighted by Gasteiger charge is 2.39. The van der Waals surface area contributed by atoms with Crippen molar-refractivity contribution < 1.29 is 4.79 Å². The van der Waals surface area contributed by atoms with Crippen molar-refractivity contribution in [1.82, 2.24) is 0 Å². The number of anilines is 1. The van der Waals surface area contributed by atoms with Crippen molar-refractivity contribution in [2.24, 2.45) is 0 Å². The van der Waals surface area contributed by atoms with E-state index in [9.17, 15) is 4.79 Å². The van der Waals surface area contributed by atoms with Gasteiger partial charge in [0, 0.05) is 17.3 Å². The SMILES string of the molecule is Cc1ccc2c(c1)[C@H](C)CC(C)(C)N2C(=O)/C=C/c1ccccc1. The van der Waals surface area contributed by atoms with Gasteiger partial charge in [0.2, 0.25) is 0 Å². The van der Waals surface area contributed by atoms with Gasteiger partial charge in [-0.3, -0.25) is 4.79 Å². The molecule has 1 aliphatic heterocycles. The van der Waals surface area contributed by atoms with Gasteiger partial charge in [0.25, 0.3) is 5.91 Å². The Bertz CT molecular complexity index is 774. The van der Waals surface area contributed by atoms with Crippen LogP contribution in [0.4, 0.5) is 5.69 Å². The van der Waals surface area contributed by atoms with Crippen LogP contribution in [0.15, 0.2) is 54.6 Å². The smallest absolute Gasteiger partial charge is 0.251 e. The maximum absolute atomic E-state index is 13.0. The molecule has 2 aromatic rings. The summed E-state index contributed by atoms with van der Waals surface area (Å²) >= 11 is 0. The van der Waals surface area contributed by atoms with Crippen LogP contribution in [-0.2, 0) is 4.79 Å². The molecule has 1 amide bonds. The molecule has 0 radical (unpaired) electrons. The summed E-state index contributed by atoms with van der Waals surface area (Å²) in [5, 5.41) is 0. The first-order valence-corrected chi connectivity index (χ1v) is 8.56. The summed E-state index contributed by atoms with van der Waals surface area (Å²) in [6, 6.07) is 16.4. The molecule has 2 heteroatoms. The second-order valence-electron chi connectivity index (χ2n) is 7.40. The lowest BCUT2D eigenvalue weighted by molar-refractivity contribution is -0.115. The first-order valence-electron chi connectivity index (χ1n) is 8.56. The molecule has 3 rings (SSSR count). The number of rotatable bonds is 2. The van der Waals surface area contributed by atoms with Crippen molar-refractivity contribution in [2.45, 2.75) is 45.6 Å². The molecule has 0 unspecified atom stereocenters. The Kier molecular flexibility index (Phi) is 4.31. The van der Waals surface area contributed by atoms with Gasteiger partial charge in [-0.1, -0.05) is 55.0 Å². The monoisotopic (exact) mass is 319 g/mol. The number of nitrogens with zero attached hydrogens (tertiary/aromatic N) is 1. The Morgan fingerprint density at radius 2 is 1.88 bits per heavy atom. The van der Waals surface area contributed by atoms with Gasteiger partial charge in [-0.2, -0.15) is 0 Å². The van der Waals surface area contributed by atoms with Crippen molar-refractivity contribution in [3.05, 3.63) is 71.3 Å². The third-order valence-electron chi connectivity index (χ3n) is 4.80. The molecule has 0 saturated heterocycles. The Morgan fingerprint density at radius 3 is 2.58 bits per heavy atom. The molecule has 2 nitrogen and oxygen atoms in total. The predicted octanol–water partition coefficient (Wildman–Crippen LogP) is 5.33. The number of hydrogen-bond acceptors (Lipinski definition) is 1. The fourth-order valence-corrected chi connectivity index (χ4v) is 3.77. The normalized spacial score (nSPS) is 19.3. The van der Waals surface area contributed by atoms with Crippen LogP contribution in [0.1, 0.15) is 49.8 Å². The number of aryl methyl sites for hydroxylation is 1. The first-order chi connectivity index (χ1) is 11.4. The molecule has 1 aliphatic rings. The van der Waals surface area contributed by atoms with E-state index in [0.29, 0.717) is 5.92 Å². The fourth-order valence-electron chi connectivity index (χ4n) is 3.77. The van der Waals surface area contributed by atoms with E-state index in [-0.39, 0.29) is 11.4 Å². The lowest BCUT2D eigenvalue weighted by atomic mass is 9.79. The number of carbonyl (C=O) groups excluding carboxylic acids is 1. The highest BCUT2D eigenvalue weighted by molar-refractivity contribution is 6.05. The molecular weight excluding hydrogens is 294 g/mol. The van der Waals surface area contributed by atoms with E-state index in [1.165, 1.54) is 11.1 Å². The molecule has 0 spiro atoms. The van der Waals surface area contributed by atoms with Crippen molar-refractivity contribution in [1.29, 1.82) is 0 Å². The van der Waals surface area contributed by atoms with E-state index in [1.807, 2.05) is 41.3 Å². The van der Waals surface area contributed by atoms with E-state index >= 15 is 0 Å². The fraction of sp³-hybridized carbons (Fsp3) is 0.318. The Morgan fingerprint density at radius 1 is 1.17 bits per heavy atom. The van der Waals surface area contributed by atoms with Crippen LogP contribution in [0.5, 0.6) is 0 Å². The molecule has 24 heavy (non-hydrogen) atoms. The van der Waals surface area contributed by atoms with Crippen LogP contribution in [0.3, 0.4) is 0 Å². The molecule has 2 aromatic carbocycles. The maximum Gasteiger partial charge on any atom is 0.251 e. The minimum absolute atomic E-state index is 0.0425. The van der Waals surface area contributed by atoms with Crippen molar-refractivity contribution in [2.75, 3.05) is 4.90 Å². The van der Waals surface area contributed by atoms with Gasteiger partial charge in [-0.05, 0) is 56.4 Å². The molecule has 1 atom stereocenters. The standard InChI is InChI=1S/C22H25NO/c1-16-10-12-20-19(14-16)17(2)15-22(3,4)23(20)21(24)13-11-18-8-6-5-7-9-18/h5-14,17H,15H2,1-4H3/b13-11+/t17-/m1/s1. The Labute approximate surface area is 144 Å². The average molecular weight is 319 g/mol. The van der Waals surface area contributed by atoms with E-state index in [1.54, 1.807) is 6.08 Å². The van der Waals surface area contributed by atoms with Crippen LogP contribution in [0.2, 0.25) is 0 Å². The van der Waals surface area contributed by atoms with Crippen molar-refractivity contribution >= 4 is 17.7 Å². The maximum atomic E-state index is 13.0. The van der Waals surface area contributed by atoms with Crippen LogP contribution >= 0.6 is 0 Å². The van der Waals surface area contributed by atoms with E-state index in [2.05, 4.69) is 45.9 Å². The summed E-state index contributed by atoms with van der Waals surface area (Å²) < 4.78 is 0. The summed E-state index contributed by atoms with van der Waals surface area (Å²) in [6.45, 7) is 8.66. The minimum Gasteiger partial charge on any atom is -0.303 e. The summed E-state index contributed by atoms with van der Waals surface area (Å²) in [5.74, 6) is 0.498. The van der Waals surface area contributed by atoms with Crippen LogP contribution in [-0.4, -0.2) is 11.4 Å². The molecule has 124 valence electrons. The van der Waals surface area contributed by atoms with Crippen LogP contribution < -0.4 is 4.90 Å². The summed E-state index contributed by atoms with van der Waals surface area (Å²) in [5.41, 5.74) is 4.41. The highest BCUT2D eigenvalue weighted by Crippen LogP contribution is 2.43. The molecule has 0 saturated carbocycles.